The van der Waals surface area contributed by atoms with Crippen LogP contribution in [-0.2, 0) is 16.0 Å². The van der Waals surface area contributed by atoms with Crippen molar-refractivity contribution in [1.29, 1.82) is 0 Å². The Morgan fingerprint density at radius 1 is 1.20 bits per heavy atom. The van der Waals surface area contributed by atoms with E-state index in [9.17, 15) is 19.5 Å². The highest BCUT2D eigenvalue weighted by atomic mass is 35.5. The van der Waals surface area contributed by atoms with Crippen LogP contribution in [0.1, 0.15) is 36.2 Å². The molecule has 3 rings (SSSR count). The number of carbonyl (C=O) groups excluding carboxylic acids is 2. The van der Waals surface area contributed by atoms with Crippen LogP contribution in [0, 0.1) is 5.41 Å². The molecule has 0 spiro atoms. The van der Waals surface area contributed by atoms with Crippen LogP contribution in [-0.4, -0.2) is 39.5 Å². The number of aliphatic carboxylic acids is 1. The number of carboxylic acids is 1. The van der Waals surface area contributed by atoms with Crippen molar-refractivity contribution in [3.63, 3.8) is 0 Å². The minimum absolute atomic E-state index is 0.0555. The predicted molar refractivity (Wildman–Crippen MR) is 115 cm³/mol. The standard InChI is InChI=1S/C21H19Cl2N3O4/c1-21(2)16(8-17(21)27)26-15(20(29)30)7-11-3-5-12(6-4-11)25-19(28)18-13(22)9-24-10-14(18)23/h3-6,9-10,15H,7-8H2,1-2H3,(H,25,28)(H,29,30)/t15-/m0/s1. The van der Waals surface area contributed by atoms with Gasteiger partial charge >= 0.3 is 5.97 Å². The van der Waals surface area contributed by atoms with Crippen molar-refractivity contribution in [1.82, 2.24) is 4.98 Å². The summed E-state index contributed by atoms with van der Waals surface area (Å²) in [6, 6.07) is 5.73. The zero-order valence-corrected chi connectivity index (χ0v) is 17.8. The van der Waals surface area contributed by atoms with E-state index in [0.717, 1.165) is 5.56 Å². The smallest absolute Gasteiger partial charge is 0.328 e. The van der Waals surface area contributed by atoms with E-state index in [4.69, 9.17) is 23.2 Å². The van der Waals surface area contributed by atoms with E-state index in [1.807, 2.05) is 0 Å². The number of ketones is 1. The highest BCUT2D eigenvalue weighted by Gasteiger charge is 2.44. The number of benzene rings is 1. The maximum Gasteiger partial charge on any atom is 0.328 e. The maximum absolute atomic E-state index is 12.4. The minimum atomic E-state index is -1.06. The summed E-state index contributed by atoms with van der Waals surface area (Å²) in [5.41, 5.74) is 1.26. The lowest BCUT2D eigenvalue weighted by Crippen LogP contribution is -2.47. The molecule has 0 bridgehead atoms. The Hall–Kier alpha value is -2.77. The lowest BCUT2D eigenvalue weighted by Gasteiger charge is -2.35. The van der Waals surface area contributed by atoms with Crippen molar-refractivity contribution >= 4 is 52.3 Å². The number of aromatic nitrogens is 1. The van der Waals surface area contributed by atoms with Crippen molar-refractivity contribution in [2.45, 2.75) is 32.7 Å². The van der Waals surface area contributed by atoms with Gasteiger partial charge in [-0.15, -0.1) is 0 Å². The van der Waals surface area contributed by atoms with Gasteiger partial charge in [-0.3, -0.25) is 19.6 Å². The molecule has 7 nitrogen and oxygen atoms in total. The monoisotopic (exact) mass is 447 g/mol. The van der Waals surface area contributed by atoms with Crippen molar-refractivity contribution in [3.05, 3.63) is 57.8 Å². The van der Waals surface area contributed by atoms with Gasteiger partial charge in [-0.1, -0.05) is 35.3 Å². The molecule has 0 saturated heterocycles. The van der Waals surface area contributed by atoms with Crippen LogP contribution in [0.5, 0.6) is 0 Å². The van der Waals surface area contributed by atoms with Crippen LogP contribution in [0.25, 0.3) is 0 Å². The first-order valence-electron chi connectivity index (χ1n) is 9.12. The van der Waals surface area contributed by atoms with Gasteiger partial charge in [-0.05, 0) is 31.5 Å². The Morgan fingerprint density at radius 2 is 1.80 bits per heavy atom. The third-order valence-corrected chi connectivity index (χ3v) is 5.64. The van der Waals surface area contributed by atoms with Crippen molar-refractivity contribution in [3.8, 4) is 0 Å². The molecule has 1 atom stereocenters. The third-order valence-electron chi connectivity index (χ3n) is 5.06. The van der Waals surface area contributed by atoms with Gasteiger partial charge in [0.25, 0.3) is 5.91 Å². The van der Waals surface area contributed by atoms with Crippen LogP contribution in [0.4, 0.5) is 5.69 Å². The van der Waals surface area contributed by atoms with Gasteiger partial charge in [0, 0.05) is 36.6 Å². The molecule has 1 aliphatic rings. The van der Waals surface area contributed by atoms with Crippen LogP contribution in [0.2, 0.25) is 10.0 Å². The molecule has 0 radical (unpaired) electrons. The summed E-state index contributed by atoms with van der Waals surface area (Å²) >= 11 is 12.0. The summed E-state index contributed by atoms with van der Waals surface area (Å²) < 4.78 is 0. The number of anilines is 1. The summed E-state index contributed by atoms with van der Waals surface area (Å²) in [6.45, 7) is 3.49. The lowest BCUT2D eigenvalue weighted by atomic mass is 9.68. The molecule has 0 aliphatic heterocycles. The van der Waals surface area contributed by atoms with E-state index < -0.39 is 23.3 Å². The van der Waals surface area contributed by atoms with Gasteiger partial charge in [0.15, 0.2) is 6.04 Å². The number of hydrogen-bond donors (Lipinski definition) is 2. The second-order valence-corrected chi connectivity index (χ2v) is 8.30. The number of pyridine rings is 1. The normalized spacial score (nSPS) is 17.3. The molecule has 2 aromatic rings. The van der Waals surface area contributed by atoms with Crippen molar-refractivity contribution < 1.29 is 19.5 Å². The van der Waals surface area contributed by atoms with Gasteiger partial charge in [-0.2, -0.15) is 0 Å². The molecule has 1 fully saturated rings. The Morgan fingerprint density at radius 3 is 2.30 bits per heavy atom. The number of hydrogen-bond acceptors (Lipinski definition) is 5. The first-order chi connectivity index (χ1) is 14.1. The zero-order valence-electron chi connectivity index (χ0n) is 16.3. The first-order valence-corrected chi connectivity index (χ1v) is 9.87. The molecule has 9 heteroatoms. The topological polar surface area (TPSA) is 109 Å². The highest BCUT2D eigenvalue weighted by molar-refractivity contribution is 6.40. The highest BCUT2D eigenvalue weighted by Crippen LogP contribution is 2.34. The number of carboxylic acid groups (broad SMARTS) is 1. The minimum Gasteiger partial charge on any atom is -0.480 e. The van der Waals surface area contributed by atoms with E-state index in [0.29, 0.717) is 11.4 Å². The molecule has 1 aliphatic carbocycles. The van der Waals surface area contributed by atoms with E-state index in [1.54, 1.807) is 38.1 Å². The van der Waals surface area contributed by atoms with Crippen molar-refractivity contribution in [2.75, 3.05) is 5.32 Å². The number of carbonyl (C=O) groups is 3. The largest absolute Gasteiger partial charge is 0.480 e. The van der Waals surface area contributed by atoms with E-state index in [-0.39, 0.29) is 34.2 Å². The Labute approximate surface area is 183 Å². The number of nitrogens with zero attached hydrogens (tertiary/aromatic N) is 2. The maximum atomic E-state index is 12.4. The second-order valence-electron chi connectivity index (χ2n) is 7.49. The Bertz CT molecular complexity index is 1030. The fourth-order valence-corrected chi connectivity index (χ4v) is 3.54. The SMILES string of the molecule is CC1(C)C(=O)CC1=N[C@@H](Cc1ccc(NC(=O)c2c(Cl)cncc2Cl)cc1)C(=O)O. The summed E-state index contributed by atoms with van der Waals surface area (Å²) in [4.78, 5) is 43.8. The molecule has 1 saturated carbocycles. The summed E-state index contributed by atoms with van der Waals surface area (Å²) in [6.07, 6.45) is 3.02. The van der Waals surface area contributed by atoms with Gasteiger partial charge in [0.1, 0.15) is 5.78 Å². The molecule has 1 aromatic heterocycles. The summed E-state index contributed by atoms with van der Waals surface area (Å²) in [5.74, 6) is -1.48. The Balaban J connectivity index is 1.70. The van der Waals surface area contributed by atoms with Crippen LogP contribution in [0.3, 0.4) is 0 Å². The van der Waals surface area contributed by atoms with Gasteiger partial charge in [0.05, 0.1) is 21.0 Å². The lowest BCUT2D eigenvalue weighted by molar-refractivity contribution is -0.138. The van der Waals surface area contributed by atoms with Gasteiger partial charge in [-0.25, -0.2) is 4.79 Å². The predicted octanol–water partition coefficient (Wildman–Crippen LogP) is 4.08. The molecule has 1 aromatic carbocycles. The van der Waals surface area contributed by atoms with E-state index in [2.05, 4.69) is 15.3 Å². The van der Waals surface area contributed by atoms with Gasteiger partial charge < -0.3 is 10.4 Å². The van der Waals surface area contributed by atoms with E-state index >= 15 is 0 Å². The molecule has 1 amide bonds. The fourth-order valence-electron chi connectivity index (χ4n) is 3.00. The van der Waals surface area contributed by atoms with Crippen molar-refractivity contribution in [2.24, 2.45) is 10.4 Å². The molecule has 0 unspecified atom stereocenters. The number of rotatable bonds is 6. The molecule has 156 valence electrons. The number of aliphatic imine (C=N–C) groups is 1. The average Bonchev–Trinajstić information content (AvgIpc) is 2.68. The fraction of sp³-hybridized carbons (Fsp3) is 0.286. The third kappa shape index (κ3) is 4.52. The zero-order chi connectivity index (χ0) is 22.1. The average molecular weight is 448 g/mol. The molecule has 30 heavy (non-hydrogen) atoms. The van der Waals surface area contributed by atoms with Crippen LogP contribution < -0.4 is 5.32 Å². The molecular formula is C21H19Cl2N3O4. The Kier molecular flexibility index (Phi) is 6.24. The number of halogens is 2. The quantitative estimate of drug-likeness (QED) is 0.693. The molecular weight excluding hydrogens is 429 g/mol. The number of Topliss-reactive ketones (excluding diaryl/α,β-unsaturated/α-hetero) is 1. The molecule has 1 heterocycles. The molecule has 2 N–H and O–H groups in total. The number of amides is 1. The summed E-state index contributed by atoms with van der Waals surface area (Å²) in [7, 11) is 0. The number of nitrogens with one attached hydrogen (secondary N) is 1. The second kappa shape index (κ2) is 8.53. The van der Waals surface area contributed by atoms with Crippen LogP contribution in [0.15, 0.2) is 41.7 Å². The van der Waals surface area contributed by atoms with Gasteiger partial charge in [0.2, 0.25) is 0 Å². The van der Waals surface area contributed by atoms with E-state index in [1.165, 1.54) is 12.4 Å². The van der Waals surface area contributed by atoms with Crippen LogP contribution >= 0.6 is 23.2 Å². The summed E-state index contributed by atoms with van der Waals surface area (Å²) in [5, 5.41) is 12.5. The first kappa shape index (κ1) is 21.9.